The molecule has 1 aliphatic heterocycles. The van der Waals surface area contributed by atoms with Gasteiger partial charge in [0.05, 0.1) is 12.2 Å². The van der Waals surface area contributed by atoms with Crippen LogP contribution >= 0.6 is 0 Å². The van der Waals surface area contributed by atoms with Gasteiger partial charge in [-0.3, -0.25) is 0 Å². The molecular formula is C16H33NO. The van der Waals surface area contributed by atoms with Gasteiger partial charge in [0, 0.05) is 0 Å². The molecule has 0 aromatic rings. The molecule has 2 fully saturated rings. The maximum Gasteiger partial charge on any atom is 0.0578 e. The Labute approximate surface area is 114 Å². The Kier molecular flexibility index (Phi) is 7.92. The smallest absolute Gasteiger partial charge is 0.0578 e. The van der Waals surface area contributed by atoms with Crippen molar-refractivity contribution in [3.8, 4) is 0 Å². The summed E-state index contributed by atoms with van der Waals surface area (Å²) in [6, 6.07) is 0. The van der Waals surface area contributed by atoms with Crippen molar-refractivity contribution in [3.63, 3.8) is 0 Å². The standard InChI is InChI=1S/C9H18O.C7H15N/c1-8(2)10-9-6-4-3-5-7-9;1-7-3-5-8(2)6-4-7/h8-9H,3-7H2,1-2H3;7H,3-6H2,1-2H3. The van der Waals surface area contributed by atoms with Crippen molar-refractivity contribution in [1.82, 2.24) is 4.90 Å². The Bertz CT molecular complexity index is 181. The van der Waals surface area contributed by atoms with E-state index in [0.717, 1.165) is 5.92 Å². The van der Waals surface area contributed by atoms with E-state index in [2.05, 4.69) is 32.7 Å². The summed E-state index contributed by atoms with van der Waals surface area (Å²) in [5, 5.41) is 0. The zero-order valence-electron chi connectivity index (χ0n) is 13.0. The quantitative estimate of drug-likeness (QED) is 0.737. The number of hydrogen-bond donors (Lipinski definition) is 0. The number of likely N-dealkylation sites (tertiary alicyclic amines) is 1. The molecular weight excluding hydrogens is 222 g/mol. The van der Waals surface area contributed by atoms with E-state index in [1.165, 1.54) is 58.0 Å². The van der Waals surface area contributed by atoms with Crippen LogP contribution in [0.3, 0.4) is 0 Å². The molecule has 1 heterocycles. The van der Waals surface area contributed by atoms with Crippen molar-refractivity contribution in [2.24, 2.45) is 5.92 Å². The van der Waals surface area contributed by atoms with Crippen molar-refractivity contribution in [2.45, 2.75) is 77.9 Å². The van der Waals surface area contributed by atoms with Crippen LogP contribution in [0, 0.1) is 5.92 Å². The van der Waals surface area contributed by atoms with Gasteiger partial charge in [-0.15, -0.1) is 0 Å². The van der Waals surface area contributed by atoms with E-state index in [-0.39, 0.29) is 0 Å². The third-order valence-corrected chi connectivity index (χ3v) is 4.02. The first-order valence-corrected chi connectivity index (χ1v) is 7.92. The Morgan fingerprint density at radius 2 is 1.50 bits per heavy atom. The van der Waals surface area contributed by atoms with Crippen molar-refractivity contribution >= 4 is 0 Å². The van der Waals surface area contributed by atoms with E-state index in [9.17, 15) is 0 Å². The van der Waals surface area contributed by atoms with Gasteiger partial charge in [-0.1, -0.05) is 26.2 Å². The van der Waals surface area contributed by atoms with Crippen LogP contribution in [0.25, 0.3) is 0 Å². The predicted octanol–water partition coefficient (Wildman–Crippen LogP) is 4.09. The second-order valence-corrected chi connectivity index (χ2v) is 6.43. The average molecular weight is 255 g/mol. The van der Waals surface area contributed by atoms with Gasteiger partial charge in [0.15, 0.2) is 0 Å². The molecule has 0 spiro atoms. The van der Waals surface area contributed by atoms with Gasteiger partial charge in [-0.2, -0.15) is 0 Å². The van der Waals surface area contributed by atoms with Crippen LogP contribution in [-0.4, -0.2) is 37.2 Å². The number of hydrogen-bond acceptors (Lipinski definition) is 2. The number of nitrogens with zero attached hydrogens (tertiary/aromatic N) is 1. The summed E-state index contributed by atoms with van der Waals surface area (Å²) in [6.45, 7) is 9.19. The monoisotopic (exact) mass is 255 g/mol. The molecule has 0 amide bonds. The summed E-state index contributed by atoms with van der Waals surface area (Å²) >= 11 is 0. The van der Waals surface area contributed by atoms with Crippen LogP contribution in [0.2, 0.25) is 0 Å². The molecule has 0 bridgehead atoms. The van der Waals surface area contributed by atoms with E-state index in [4.69, 9.17) is 4.74 Å². The van der Waals surface area contributed by atoms with Gasteiger partial charge in [-0.25, -0.2) is 0 Å². The van der Waals surface area contributed by atoms with E-state index in [1.54, 1.807) is 0 Å². The third-order valence-electron chi connectivity index (χ3n) is 4.02. The van der Waals surface area contributed by atoms with E-state index in [0.29, 0.717) is 12.2 Å². The molecule has 1 saturated heterocycles. The molecule has 0 N–H and O–H groups in total. The molecule has 0 aromatic carbocycles. The maximum atomic E-state index is 5.69. The number of piperidine rings is 1. The van der Waals surface area contributed by atoms with Crippen LogP contribution in [0.15, 0.2) is 0 Å². The zero-order chi connectivity index (χ0) is 13.4. The summed E-state index contributed by atoms with van der Waals surface area (Å²) in [5.74, 6) is 0.978. The number of ether oxygens (including phenoxy) is 1. The normalized spacial score (nSPS) is 23.8. The first-order chi connectivity index (χ1) is 8.58. The molecule has 2 rings (SSSR count). The van der Waals surface area contributed by atoms with Crippen molar-refractivity contribution in [1.29, 1.82) is 0 Å². The van der Waals surface area contributed by atoms with Gasteiger partial charge in [0.25, 0.3) is 0 Å². The molecule has 0 atom stereocenters. The van der Waals surface area contributed by atoms with Gasteiger partial charge >= 0.3 is 0 Å². The molecule has 18 heavy (non-hydrogen) atoms. The van der Waals surface area contributed by atoms with E-state index in [1.807, 2.05) is 0 Å². The Morgan fingerprint density at radius 1 is 0.944 bits per heavy atom. The molecule has 108 valence electrons. The fourth-order valence-electron chi connectivity index (χ4n) is 2.72. The van der Waals surface area contributed by atoms with Crippen molar-refractivity contribution < 1.29 is 4.74 Å². The molecule has 0 aromatic heterocycles. The Balaban J connectivity index is 0.000000184. The summed E-state index contributed by atoms with van der Waals surface area (Å²) < 4.78 is 5.69. The fraction of sp³-hybridized carbons (Fsp3) is 1.00. The third kappa shape index (κ3) is 7.38. The summed E-state index contributed by atoms with van der Waals surface area (Å²) in [7, 11) is 2.20. The minimum atomic E-state index is 0.420. The van der Waals surface area contributed by atoms with Crippen molar-refractivity contribution in [3.05, 3.63) is 0 Å². The van der Waals surface area contributed by atoms with Crippen LogP contribution in [0.4, 0.5) is 0 Å². The lowest BCUT2D eigenvalue weighted by Crippen LogP contribution is -2.28. The minimum absolute atomic E-state index is 0.420. The first-order valence-electron chi connectivity index (χ1n) is 7.92. The second kappa shape index (κ2) is 8.92. The number of rotatable bonds is 2. The Morgan fingerprint density at radius 3 is 1.94 bits per heavy atom. The summed E-state index contributed by atoms with van der Waals surface area (Å²) in [5.41, 5.74) is 0. The molecule has 2 aliphatic rings. The summed E-state index contributed by atoms with van der Waals surface area (Å²) in [6.07, 6.45) is 10.5. The first kappa shape index (κ1) is 16.0. The lowest BCUT2D eigenvalue weighted by atomic mass is 9.98. The van der Waals surface area contributed by atoms with Crippen LogP contribution < -0.4 is 0 Å². The average Bonchev–Trinajstić information content (AvgIpc) is 2.34. The second-order valence-electron chi connectivity index (χ2n) is 6.43. The van der Waals surface area contributed by atoms with Gasteiger partial charge < -0.3 is 9.64 Å². The highest BCUT2D eigenvalue weighted by atomic mass is 16.5. The van der Waals surface area contributed by atoms with Crippen LogP contribution in [-0.2, 0) is 4.74 Å². The van der Waals surface area contributed by atoms with Crippen LogP contribution in [0.5, 0.6) is 0 Å². The molecule has 0 radical (unpaired) electrons. The topological polar surface area (TPSA) is 12.5 Å². The summed E-state index contributed by atoms with van der Waals surface area (Å²) in [4.78, 5) is 2.40. The molecule has 0 unspecified atom stereocenters. The molecule has 2 nitrogen and oxygen atoms in total. The van der Waals surface area contributed by atoms with Gasteiger partial charge in [0.2, 0.25) is 0 Å². The Hall–Kier alpha value is -0.0800. The SMILES string of the molecule is CC(C)OC1CCCCC1.CC1CCN(C)CC1. The van der Waals surface area contributed by atoms with Gasteiger partial charge in [0.1, 0.15) is 0 Å². The minimum Gasteiger partial charge on any atom is -0.376 e. The molecule has 1 aliphatic carbocycles. The lowest BCUT2D eigenvalue weighted by molar-refractivity contribution is -0.0117. The lowest BCUT2D eigenvalue weighted by Gasteiger charge is -2.26. The predicted molar refractivity (Wildman–Crippen MR) is 79.0 cm³/mol. The maximum absolute atomic E-state index is 5.69. The van der Waals surface area contributed by atoms with Crippen molar-refractivity contribution in [2.75, 3.05) is 20.1 Å². The highest BCUT2D eigenvalue weighted by Crippen LogP contribution is 2.21. The highest BCUT2D eigenvalue weighted by molar-refractivity contribution is 4.66. The van der Waals surface area contributed by atoms with E-state index >= 15 is 0 Å². The molecule has 2 heteroatoms. The van der Waals surface area contributed by atoms with E-state index < -0.39 is 0 Å². The fourth-order valence-corrected chi connectivity index (χ4v) is 2.72. The molecule has 1 saturated carbocycles. The van der Waals surface area contributed by atoms with Crippen LogP contribution in [0.1, 0.15) is 65.7 Å². The van der Waals surface area contributed by atoms with Gasteiger partial charge in [-0.05, 0) is 65.6 Å². The zero-order valence-corrected chi connectivity index (χ0v) is 13.0. The largest absolute Gasteiger partial charge is 0.376 e. The highest BCUT2D eigenvalue weighted by Gasteiger charge is 2.14.